The summed E-state index contributed by atoms with van der Waals surface area (Å²) in [6.45, 7) is -0.253. The van der Waals surface area contributed by atoms with E-state index in [0.29, 0.717) is 0 Å². The van der Waals surface area contributed by atoms with E-state index in [1.165, 1.54) is 6.42 Å². The van der Waals surface area contributed by atoms with Crippen LogP contribution in [0.2, 0.25) is 0 Å². The summed E-state index contributed by atoms with van der Waals surface area (Å²) < 4.78 is 10.4. The lowest BCUT2D eigenvalue weighted by Gasteiger charge is -2.22. The Balaban J connectivity index is 1.51. The monoisotopic (exact) mass is 320 g/mol. The predicted octanol–water partition coefficient (Wildman–Crippen LogP) is 2.55. The van der Waals surface area contributed by atoms with Crippen LogP contribution in [0.15, 0.2) is 4.52 Å². The van der Waals surface area contributed by atoms with E-state index in [-0.39, 0.29) is 24.2 Å². The van der Waals surface area contributed by atoms with Crippen molar-refractivity contribution in [3.63, 3.8) is 0 Å². The Kier molecular flexibility index (Phi) is 5.31. The second-order valence-corrected chi connectivity index (χ2v) is 6.47. The van der Waals surface area contributed by atoms with Crippen LogP contribution in [-0.2, 0) is 22.4 Å². The fraction of sp³-hybridized carbons (Fsp3) is 0.706. The molecule has 23 heavy (non-hydrogen) atoms. The molecule has 0 unspecified atom stereocenters. The Morgan fingerprint density at radius 3 is 2.65 bits per heavy atom. The first-order valence-electron chi connectivity index (χ1n) is 8.68. The molecule has 6 heteroatoms. The van der Waals surface area contributed by atoms with Crippen molar-refractivity contribution < 1.29 is 18.8 Å². The number of fused-ring (bicyclic) bond motifs is 1. The number of nitrogens with one attached hydrogen (secondary N) is 1. The van der Waals surface area contributed by atoms with Gasteiger partial charge in [0.15, 0.2) is 12.3 Å². The molecular weight excluding hydrogens is 296 g/mol. The number of aromatic nitrogens is 1. The van der Waals surface area contributed by atoms with E-state index in [1.807, 2.05) is 0 Å². The SMILES string of the molecule is O=C(COC(=O)c1noc2c1CCCCC2)NC1CCCCC1. The second kappa shape index (κ2) is 7.62. The van der Waals surface area contributed by atoms with Gasteiger partial charge in [-0.15, -0.1) is 0 Å². The van der Waals surface area contributed by atoms with E-state index >= 15 is 0 Å². The molecule has 1 fully saturated rings. The number of hydrogen-bond donors (Lipinski definition) is 1. The zero-order valence-electron chi connectivity index (χ0n) is 13.4. The van der Waals surface area contributed by atoms with Gasteiger partial charge in [-0.25, -0.2) is 4.79 Å². The van der Waals surface area contributed by atoms with Crippen LogP contribution in [0.5, 0.6) is 0 Å². The Bertz CT molecular complexity index is 561. The lowest BCUT2D eigenvalue weighted by atomic mass is 9.95. The maximum absolute atomic E-state index is 12.2. The molecule has 1 N–H and O–H groups in total. The molecule has 6 nitrogen and oxygen atoms in total. The maximum atomic E-state index is 12.2. The molecule has 0 aromatic carbocycles. The largest absolute Gasteiger partial charge is 0.451 e. The summed E-state index contributed by atoms with van der Waals surface area (Å²) in [6.07, 6.45) is 10.4. The molecule has 0 bridgehead atoms. The van der Waals surface area contributed by atoms with Crippen LogP contribution in [0.25, 0.3) is 0 Å². The van der Waals surface area contributed by atoms with E-state index < -0.39 is 5.97 Å². The fourth-order valence-corrected chi connectivity index (χ4v) is 3.44. The van der Waals surface area contributed by atoms with Gasteiger partial charge in [-0.05, 0) is 32.1 Å². The quantitative estimate of drug-likeness (QED) is 0.681. The highest BCUT2D eigenvalue weighted by atomic mass is 16.5. The van der Waals surface area contributed by atoms with Crippen molar-refractivity contribution in [2.24, 2.45) is 0 Å². The van der Waals surface area contributed by atoms with E-state index in [0.717, 1.165) is 69.1 Å². The highest BCUT2D eigenvalue weighted by Crippen LogP contribution is 2.24. The number of hydrogen-bond acceptors (Lipinski definition) is 5. The first-order chi connectivity index (χ1) is 11.2. The fourth-order valence-electron chi connectivity index (χ4n) is 3.44. The van der Waals surface area contributed by atoms with E-state index in [4.69, 9.17) is 9.26 Å². The van der Waals surface area contributed by atoms with Gasteiger partial charge in [-0.1, -0.05) is 30.8 Å². The predicted molar refractivity (Wildman–Crippen MR) is 83.1 cm³/mol. The molecule has 2 aliphatic rings. The third-order valence-corrected chi connectivity index (χ3v) is 4.70. The van der Waals surface area contributed by atoms with Crippen LogP contribution in [0.3, 0.4) is 0 Å². The Labute approximate surface area is 135 Å². The zero-order chi connectivity index (χ0) is 16.1. The molecule has 3 rings (SSSR count). The molecule has 0 aliphatic heterocycles. The molecule has 0 atom stereocenters. The van der Waals surface area contributed by atoms with E-state index in [9.17, 15) is 9.59 Å². The number of rotatable bonds is 4. The van der Waals surface area contributed by atoms with Crippen LogP contribution in [-0.4, -0.2) is 29.7 Å². The highest BCUT2D eigenvalue weighted by molar-refractivity contribution is 5.91. The summed E-state index contributed by atoms with van der Waals surface area (Å²) in [7, 11) is 0. The van der Waals surface area contributed by atoms with Gasteiger partial charge in [0.1, 0.15) is 5.76 Å². The van der Waals surface area contributed by atoms with Crippen LogP contribution in [0.4, 0.5) is 0 Å². The highest BCUT2D eigenvalue weighted by Gasteiger charge is 2.25. The lowest BCUT2D eigenvalue weighted by molar-refractivity contribution is -0.125. The Morgan fingerprint density at radius 2 is 1.83 bits per heavy atom. The molecule has 1 amide bonds. The Morgan fingerprint density at radius 1 is 1.09 bits per heavy atom. The molecule has 0 spiro atoms. The van der Waals surface area contributed by atoms with Gasteiger partial charge < -0.3 is 14.6 Å². The summed E-state index contributed by atoms with van der Waals surface area (Å²) in [4.78, 5) is 24.1. The van der Waals surface area contributed by atoms with Crippen molar-refractivity contribution in [2.45, 2.75) is 70.3 Å². The number of amides is 1. The first-order valence-corrected chi connectivity index (χ1v) is 8.68. The van der Waals surface area contributed by atoms with Crippen molar-refractivity contribution in [3.05, 3.63) is 17.0 Å². The lowest BCUT2D eigenvalue weighted by Crippen LogP contribution is -2.38. The second-order valence-electron chi connectivity index (χ2n) is 6.47. The minimum atomic E-state index is -0.560. The van der Waals surface area contributed by atoms with Crippen LogP contribution in [0.1, 0.15) is 73.2 Å². The van der Waals surface area contributed by atoms with Crippen molar-refractivity contribution >= 4 is 11.9 Å². The molecule has 0 radical (unpaired) electrons. The standard InChI is InChI=1S/C17H24N2O4/c20-15(18-12-7-3-1-4-8-12)11-22-17(21)16-13-9-5-2-6-10-14(13)23-19-16/h12H,1-11H2,(H,18,20). The summed E-state index contributed by atoms with van der Waals surface area (Å²) >= 11 is 0. The van der Waals surface area contributed by atoms with Gasteiger partial charge in [0, 0.05) is 18.0 Å². The minimum Gasteiger partial charge on any atom is -0.451 e. The Hall–Kier alpha value is -1.85. The van der Waals surface area contributed by atoms with Gasteiger partial charge in [0.25, 0.3) is 5.91 Å². The molecule has 2 aliphatic carbocycles. The third kappa shape index (κ3) is 4.12. The number of carbonyl (C=O) groups excluding carboxylic acids is 2. The number of nitrogens with zero attached hydrogens (tertiary/aromatic N) is 1. The van der Waals surface area contributed by atoms with Crippen molar-refractivity contribution in [2.75, 3.05) is 6.61 Å². The van der Waals surface area contributed by atoms with Gasteiger partial charge in [-0.3, -0.25) is 4.79 Å². The molecule has 126 valence electrons. The number of aryl methyl sites for hydroxylation is 1. The molecular formula is C17H24N2O4. The smallest absolute Gasteiger partial charge is 0.361 e. The average molecular weight is 320 g/mol. The molecule has 1 aromatic heterocycles. The van der Waals surface area contributed by atoms with Gasteiger partial charge in [-0.2, -0.15) is 0 Å². The topological polar surface area (TPSA) is 81.4 Å². The number of carbonyl (C=O) groups is 2. The summed E-state index contributed by atoms with van der Waals surface area (Å²) in [5.41, 5.74) is 1.10. The zero-order valence-corrected chi connectivity index (χ0v) is 13.4. The maximum Gasteiger partial charge on any atom is 0.361 e. The number of ether oxygens (including phenoxy) is 1. The van der Waals surface area contributed by atoms with Crippen molar-refractivity contribution in [1.29, 1.82) is 0 Å². The minimum absolute atomic E-state index is 0.221. The van der Waals surface area contributed by atoms with Crippen LogP contribution < -0.4 is 5.32 Å². The number of esters is 1. The normalized spacial score (nSPS) is 18.8. The van der Waals surface area contributed by atoms with E-state index in [1.54, 1.807) is 0 Å². The van der Waals surface area contributed by atoms with Gasteiger partial charge >= 0.3 is 5.97 Å². The molecule has 1 heterocycles. The van der Waals surface area contributed by atoms with Gasteiger partial charge in [0.2, 0.25) is 0 Å². The first kappa shape index (κ1) is 16.0. The average Bonchev–Trinajstić information content (AvgIpc) is 2.82. The molecule has 0 saturated heterocycles. The van der Waals surface area contributed by atoms with Gasteiger partial charge in [0.05, 0.1) is 0 Å². The van der Waals surface area contributed by atoms with Crippen LogP contribution >= 0.6 is 0 Å². The summed E-state index contributed by atoms with van der Waals surface area (Å²) in [5.74, 6) is -0.00311. The van der Waals surface area contributed by atoms with E-state index in [2.05, 4.69) is 10.5 Å². The summed E-state index contributed by atoms with van der Waals surface area (Å²) in [6, 6.07) is 0.221. The third-order valence-electron chi connectivity index (χ3n) is 4.70. The summed E-state index contributed by atoms with van der Waals surface area (Å²) in [5, 5.41) is 6.78. The van der Waals surface area contributed by atoms with Crippen LogP contribution in [0, 0.1) is 0 Å². The molecule has 1 saturated carbocycles. The molecule has 1 aromatic rings. The van der Waals surface area contributed by atoms with Crippen molar-refractivity contribution in [1.82, 2.24) is 10.5 Å². The van der Waals surface area contributed by atoms with Crippen molar-refractivity contribution in [3.8, 4) is 0 Å².